The van der Waals surface area contributed by atoms with Crippen molar-refractivity contribution in [2.45, 2.75) is 77.4 Å². The first-order chi connectivity index (χ1) is 11.2. The average molecular weight is 338 g/mol. The number of hydrogen-bond acceptors (Lipinski definition) is 5. The summed E-state index contributed by atoms with van der Waals surface area (Å²) in [5, 5.41) is 10.3. The number of hydrogen-bond donors (Lipinski definition) is 1. The van der Waals surface area contributed by atoms with Gasteiger partial charge < -0.3 is 14.6 Å². The van der Waals surface area contributed by atoms with Crippen LogP contribution < -0.4 is 0 Å². The maximum absolute atomic E-state index is 12.2. The number of esters is 2. The van der Waals surface area contributed by atoms with E-state index in [1.54, 1.807) is 0 Å². The third-order valence-corrected chi connectivity index (χ3v) is 6.47. The van der Waals surface area contributed by atoms with Gasteiger partial charge in [-0.05, 0) is 70.1 Å². The molecule has 5 nitrogen and oxygen atoms in total. The number of ether oxygens (including phenoxy) is 2. The Bertz CT molecular complexity index is 496. The molecular formula is C19H30O5. The molecule has 0 amide bonds. The van der Waals surface area contributed by atoms with Gasteiger partial charge in [0.15, 0.2) is 0 Å². The Kier molecular flexibility index (Phi) is 4.67. The third kappa shape index (κ3) is 3.32. The van der Waals surface area contributed by atoms with Crippen LogP contribution >= 0.6 is 0 Å². The van der Waals surface area contributed by atoms with Gasteiger partial charge in [0, 0.05) is 0 Å². The van der Waals surface area contributed by atoms with E-state index in [1.807, 2.05) is 20.8 Å². The van der Waals surface area contributed by atoms with Crippen LogP contribution in [0.1, 0.15) is 65.7 Å². The lowest BCUT2D eigenvalue weighted by atomic mass is 9.53. The standard InChI is InChI=1S/C19H30O5/c1-4-18(2,3)17(22)23-6-5-15(20)24-19-9-12-7-13(10-19)16(21)14(8-12)11-19/h12-14,16,21H,4-11H2,1-3H3. The molecule has 0 radical (unpaired) electrons. The van der Waals surface area contributed by atoms with E-state index in [4.69, 9.17) is 9.47 Å². The molecule has 4 rings (SSSR count). The largest absolute Gasteiger partial charge is 0.465 e. The molecule has 0 aliphatic heterocycles. The topological polar surface area (TPSA) is 72.8 Å². The number of aliphatic hydroxyl groups excluding tert-OH is 1. The van der Waals surface area contributed by atoms with E-state index in [0.717, 1.165) is 32.1 Å². The number of carbonyl (C=O) groups excluding carboxylic acids is 2. The van der Waals surface area contributed by atoms with Gasteiger partial charge in [0.1, 0.15) is 12.2 Å². The van der Waals surface area contributed by atoms with Gasteiger partial charge in [-0.2, -0.15) is 0 Å². The third-order valence-electron chi connectivity index (χ3n) is 6.47. The number of rotatable bonds is 6. The van der Waals surface area contributed by atoms with Crippen LogP contribution in [0.3, 0.4) is 0 Å². The zero-order valence-electron chi connectivity index (χ0n) is 15.0. The van der Waals surface area contributed by atoms with Gasteiger partial charge in [-0.3, -0.25) is 9.59 Å². The number of carbonyl (C=O) groups is 2. The van der Waals surface area contributed by atoms with Crippen molar-refractivity contribution in [2.24, 2.45) is 23.2 Å². The van der Waals surface area contributed by atoms with Gasteiger partial charge in [0.25, 0.3) is 0 Å². The second kappa shape index (κ2) is 6.32. The van der Waals surface area contributed by atoms with Gasteiger partial charge in [-0.25, -0.2) is 0 Å². The fraction of sp³-hybridized carbons (Fsp3) is 0.895. The lowest BCUT2D eigenvalue weighted by Crippen LogP contribution is -2.58. The fourth-order valence-corrected chi connectivity index (χ4v) is 4.91. The van der Waals surface area contributed by atoms with E-state index in [9.17, 15) is 14.7 Å². The molecule has 4 aliphatic carbocycles. The molecule has 4 saturated carbocycles. The summed E-state index contributed by atoms with van der Waals surface area (Å²) in [6, 6.07) is 0. The summed E-state index contributed by atoms with van der Waals surface area (Å²) in [4.78, 5) is 24.2. The summed E-state index contributed by atoms with van der Waals surface area (Å²) in [5.41, 5.74) is -0.889. The summed E-state index contributed by atoms with van der Waals surface area (Å²) in [6.45, 7) is 5.70. The lowest BCUT2D eigenvalue weighted by molar-refractivity contribution is -0.206. The molecule has 0 aromatic heterocycles. The molecule has 0 aromatic carbocycles. The van der Waals surface area contributed by atoms with Crippen molar-refractivity contribution in [1.29, 1.82) is 0 Å². The van der Waals surface area contributed by atoms with Gasteiger partial charge in [-0.15, -0.1) is 0 Å². The fourth-order valence-electron chi connectivity index (χ4n) is 4.91. The van der Waals surface area contributed by atoms with Gasteiger partial charge in [-0.1, -0.05) is 6.92 Å². The van der Waals surface area contributed by atoms with Crippen LogP contribution in [0, 0.1) is 23.2 Å². The zero-order chi connectivity index (χ0) is 17.5. The Morgan fingerprint density at radius 3 is 2.38 bits per heavy atom. The van der Waals surface area contributed by atoms with Crippen LogP contribution in [-0.4, -0.2) is 35.4 Å². The second-order valence-electron chi connectivity index (χ2n) is 8.74. The highest BCUT2D eigenvalue weighted by atomic mass is 16.6. The Morgan fingerprint density at radius 1 is 1.17 bits per heavy atom. The lowest BCUT2D eigenvalue weighted by Gasteiger charge is -2.57. The highest BCUT2D eigenvalue weighted by Crippen LogP contribution is 2.57. The van der Waals surface area contributed by atoms with E-state index < -0.39 is 5.41 Å². The van der Waals surface area contributed by atoms with Crippen LogP contribution in [0.15, 0.2) is 0 Å². The summed E-state index contributed by atoms with van der Waals surface area (Å²) < 4.78 is 11.1. The minimum atomic E-state index is -0.514. The van der Waals surface area contributed by atoms with Crippen molar-refractivity contribution >= 4 is 11.9 Å². The molecule has 2 unspecified atom stereocenters. The quantitative estimate of drug-likeness (QED) is 0.754. The molecule has 4 fully saturated rings. The molecule has 136 valence electrons. The maximum atomic E-state index is 12.2. The first-order valence-electron chi connectivity index (χ1n) is 9.32. The Labute approximate surface area is 144 Å². The monoisotopic (exact) mass is 338 g/mol. The van der Waals surface area contributed by atoms with E-state index >= 15 is 0 Å². The summed E-state index contributed by atoms with van der Waals surface area (Å²) in [7, 11) is 0. The van der Waals surface area contributed by atoms with Crippen molar-refractivity contribution < 1.29 is 24.2 Å². The maximum Gasteiger partial charge on any atom is 0.311 e. The SMILES string of the molecule is CCC(C)(C)C(=O)OCCC(=O)OC12CC3CC(C1)C(O)C(C3)C2. The summed E-state index contributed by atoms with van der Waals surface area (Å²) in [6.07, 6.45) is 5.24. The van der Waals surface area contributed by atoms with E-state index in [1.165, 1.54) is 0 Å². The minimum Gasteiger partial charge on any atom is -0.465 e. The second-order valence-corrected chi connectivity index (χ2v) is 8.74. The van der Waals surface area contributed by atoms with Crippen molar-refractivity contribution in [3.8, 4) is 0 Å². The van der Waals surface area contributed by atoms with Gasteiger partial charge >= 0.3 is 11.9 Å². The minimum absolute atomic E-state index is 0.0795. The summed E-state index contributed by atoms with van der Waals surface area (Å²) in [5.74, 6) is 0.602. The molecule has 1 N–H and O–H groups in total. The first kappa shape index (κ1) is 17.7. The molecule has 0 aromatic rings. The molecule has 0 saturated heterocycles. The van der Waals surface area contributed by atoms with E-state index in [2.05, 4.69) is 0 Å². The molecule has 2 atom stereocenters. The van der Waals surface area contributed by atoms with Gasteiger partial charge in [0.2, 0.25) is 0 Å². The Morgan fingerprint density at radius 2 is 1.79 bits per heavy atom. The average Bonchev–Trinajstić information content (AvgIpc) is 2.51. The molecule has 24 heavy (non-hydrogen) atoms. The van der Waals surface area contributed by atoms with Crippen LogP contribution in [0.2, 0.25) is 0 Å². The molecular weight excluding hydrogens is 308 g/mol. The van der Waals surface area contributed by atoms with Crippen molar-refractivity contribution in [3.05, 3.63) is 0 Å². The molecule has 5 heteroatoms. The predicted octanol–water partition coefficient (Wildman–Crippen LogP) is 2.84. The smallest absolute Gasteiger partial charge is 0.311 e. The molecule has 0 spiro atoms. The van der Waals surface area contributed by atoms with Gasteiger partial charge in [0.05, 0.1) is 17.9 Å². The predicted molar refractivity (Wildman–Crippen MR) is 88.0 cm³/mol. The molecule has 4 bridgehead atoms. The van der Waals surface area contributed by atoms with Crippen LogP contribution in [0.25, 0.3) is 0 Å². The van der Waals surface area contributed by atoms with Crippen molar-refractivity contribution in [3.63, 3.8) is 0 Å². The van der Waals surface area contributed by atoms with Crippen molar-refractivity contribution in [2.75, 3.05) is 6.61 Å². The highest BCUT2D eigenvalue weighted by molar-refractivity contribution is 5.76. The van der Waals surface area contributed by atoms with E-state index in [0.29, 0.717) is 12.3 Å². The molecule has 0 heterocycles. The van der Waals surface area contributed by atoms with Crippen LogP contribution in [-0.2, 0) is 19.1 Å². The zero-order valence-corrected chi connectivity index (χ0v) is 15.0. The van der Waals surface area contributed by atoms with Crippen LogP contribution in [0.4, 0.5) is 0 Å². The highest BCUT2D eigenvalue weighted by Gasteiger charge is 2.56. The summed E-state index contributed by atoms with van der Waals surface area (Å²) >= 11 is 0. The Balaban J connectivity index is 1.48. The van der Waals surface area contributed by atoms with Crippen LogP contribution in [0.5, 0.6) is 0 Å². The normalized spacial score (nSPS) is 37.3. The molecule has 4 aliphatic rings. The van der Waals surface area contributed by atoms with Crippen molar-refractivity contribution in [1.82, 2.24) is 0 Å². The van der Waals surface area contributed by atoms with E-state index in [-0.39, 0.29) is 48.5 Å². The first-order valence-corrected chi connectivity index (χ1v) is 9.32. The number of aliphatic hydroxyl groups is 1. The Hall–Kier alpha value is -1.10.